The smallest absolute Gasteiger partial charge is 0.316 e. The van der Waals surface area contributed by atoms with Gasteiger partial charge in [0.25, 0.3) is 0 Å². The Bertz CT molecular complexity index is 567. The van der Waals surface area contributed by atoms with Crippen LogP contribution < -0.4 is 10.6 Å². The van der Waals surface area contributed by atoms with Crippen molar-refractivity contribution in [3.05, 3.63) is 0 Å². The molecule has 0 spiro atoms. The van der Waals surface area contributed by atoms with Crippen LogP contribution in [-0.2, 0) is 18.3 Å². The average Bonchev–Trinajstić information content (AvgIpc) is 2.62. The standard InChI is InChI=1S/C16H38N4O6S4/c1-19(13-5-7-17-9-15-27-29(21,22)23)11-3-4-12-20(2)14-6-8-18-10-16-28-30(24,25)26/h17-18H,3-16H2,1-2H3,(H,21,22,23)(H,24,25,26). The Morgan fingerprint density at radius 2 is 0.967 bits per heavy atom. The van der Waals surface area contributed by atoms with Crippen molar-refractivity contribution in [2.75, 3.05) is 78.0 Å². The molecule has 0 saturated carbocycles. The normalized spacial score (nSPS) is 12.9. The van der Waals surface area contributed by atoms with Crippen molar-refractivity contribution in [1.29, 1.82) is 0 Å². The van der Waals surface area contributed by atoms with Crippen molar-refractivity contribution in [1.82, 2.24) is 20.4 Å². The van der Waals surface area contributed by atoms with E-state index < -0.39 is 18.3 Å². The van der Waals surface area contributed by atoms with Gasteiger partial charge < -0.3 is 20.4 Å². The second-order valence-corrected chi connectivity index (χ2v) is 14.0. The molecule has 0 aliphatic rings. The van der Waals surface area contributed by atoms with Gasteiger partial charge in [-0.3, -0.25) is 9.11 Å². The third-order valence-electron chi connectivity index (χ3n) is 4.14. The summed E-state index contributed by atoms with van der Waals surface area (Å²) in [5, 5.41) is 6.33. The zero-order valence-corrected chi connectivity index (χ0v) is 21.2. The third-order valence-corrected chi connectivity index (χ3v) is 8.26. The fraction of sp³-hybridized carbons (Fsp3) is 1.00. The molecule has 14 heteroatoms. The van der Waals surface area contributed by atoms with Crippen LogP contribution in [-0.4, -0.2) is 114 Å². The van der Waals surface area contributed by atoms with Gasteiger partial charge >= 0.3 is 18.3 Å². The molecule has 0 fully saturated rings. The van der Waals surface area contributed by atoms with Gasteiger partial charge in [-0.2, -0.15) is 16.8 Å². The van der Waals surface area contributed by atoms with Crippen molar-refractivity contribution in [2.24, 2.45) is 0 Å². The molecule has 4 N–H and O–H groups in total. The molecule has 0 aromatic heterocycles. The molecule has 10 nitrogen and oxygen atoms in total. The van der Waals surface area contributed by atoms with Gasteiger partial charge in [-0.1, -0.05) is 0 Å². The minimum atomic E-state index is -3.93. The van der Waals surface area contributed by atoms with Gasteiger partial charge in [0.1, 0.15) is 0 Å². The Hall–Kier alpha value is 0.360. The van der Waals surface area contributed by atoms with Crippen LogP contribution in [0.2, 0.25) is 0 Å². The minimum absolute atomic E-state index is 0.339. The molecule has 0 rings (SSSR count). The maximum Gasteiger partial charge on any atom is 0.319 e. The molecule has 0 atom stereocenters. The molecule has 0 radical (unpaired) electrons. The van der Waals surface area contributed by atoms with Gasteiger partial charge in [0.05, 0.1) is 0 Å². The lowest BCUT2D eigenvalue weighted by Gasteiger charge is -2.19. The van der Waals surface area contributed by atoms with Crippen molar-refractivity contribution >= 4 is 39.9 Å². The van der Waals surface area contributed by atoms with Gasteiger partial charge in [-0.05, 0) is 101 Å². The Morgan fingerprint density at radius 1 is 0.633 bits per heavy atom. The summed E-state index contributed by atoms with van der Waals surface area (Å²) in [6.07, 6.45) is 4.24. The summed E-state index contributed by atoms with van der Waals surface area (Å²) in [5.41, 5.74) is 0. The van der Waals surface area contributed by atoms with Crippen LogP contribution in [0.15, 0.2) is 0 Å². The average molecular weight is 511 g/mol. The van der Waals surface area contributed by atoms with E-state index in [1.165, 1.54) is 0 Å². The van der Waals surface area contributed by atoms with Gasteiger partial charge in [0.15, 0.2) is 0 Å². The topological polar surface area (TPSA) is 139 Å². The van der Waals surface area contributed by atoms with E-state index in [1.54, 1.807) is 0 Å². The van der Waals surface area contributed by atoms with E-state index in [9.17, 15) is 16.8 Å². The summed E-state index contributed by atoms with van der Waals surface area (Å²) >= 11 is 0. The lowest BCUT2D eigenvalue weighted by molar-refractivity contribution is 0.288. The van der Waals surface area contributed by atoms with Crippen LogP contribution >= 0.6 is 21.6 Å². The van der Waals surface area contributed by atoms with E-state index in [0.717, 1.165) is 65.0 Å². The molecule has 0 saturated heterocycles. The summed E-state index contributed by atoms with van der Waals surface area (Å²) in [7, 11) is -2.57. The zero-order valence-electron chi connectivity index (χ0n) is 18.0. The second kappa shape index (κ2) is 17.9. The van der Waals surface area contributed by atoms with E-state index in [-0.39, 0.29) is 0 Å². The first-order valence-electron chi connectivity index (χ1n) is 10.0. The predicted molar refractivity (Wildman–Crippen MR) is 127 cm³/mol. The molecule has 30 heavy (non-hydrogen) atoms. The maximum atomic E-state index is 10.6. The summed E-state index contributed by atoms with van der Waals surface area (Å²) < 4.78 is 59.4. The number of unbranched alkanes of at least 4 members (excludes halogenated alkanes) is 1. The molecule has 182 valence electrons. The number of hydrogen-bond acceptors (Lipinski definition) is 10. The molecule has 0 amide bonds. The highest BCUT2D eigenvalue weighted by atomic mass is 33.2. The van der Waals surface area contributed by atoms with Crippen LogP contribution in [0.5, 0.6) is 0 Å². The fourth-order valence-corrected chi connectivity index (χ4v) is 5.26. The Labute approximate surface area is 189 Å². The highest BCUT2D eigenvalue weighted by Gasteiger charge is 2.05. The number of nitrogens with zero attached hydrogens (tertiary/aromatic N) is 2. The van der Waals surface area contributed by atoms with Crippen LogP contribution in [0.25, 0.3) is 0 Å². The molecule has 0 heterocycles. The largest absolute Gasteiger partial charge is 0.319 e. The lowest BCUT2D eigenvalue weighted by Crippen LogP contribution is -2.28. The lowest BCUT2D eigenvalue weighted by atomic mass is 10.2. The van der Waals surface area contributed by atoms with E-state index >= 15 is 0 Å². The first kappa shape index (κ1) is 30.4. The number of hydrogen-bond donors (Lipinski definition) is 4. The predicted octanol–water partition coefficient (Wildman–Crippen LogP) is 0.662. The van der Waals surface area contributed by atoms with Crippen LogP contribution in [0.3, 0.4) is 0 Å². The summed E-state index contributed by atoms with van der Waals surface area (Å²) in [6.45, 7) is 6.80. The first-order chi connectivity index (χ1) is 14.0. The maximum absolute atomic E-state index is 10.6. The minimum Gasteiger partial charge on any atom is -0.316 e. The third kappa shape index (κ3) is 24.6. The molecule has 0 bridgehead atoms. The van der Waals surface area contributed by atoms with Crippen LogP contribution in [0.4, 0.5) is 0 Å². The second-order valence-electron chi connectivity index (χ2n) is 7.02. The molecular weight excluding hydrogens is 472 g/mol. The van der Waals surface area contributed by atoms with E-state index in [2.05, 4.69) is 34.5 Å². The van der Waals surface area contributed by atoms with Crippen molar-refractivity contribution < 1.29 is 25.9 Å². The molecule has 0 aliphatic carbocycles. The number of rotatable bonds is 21. The SMILES string of the molecule is CN(CCCCN(C)CCCNCCSS(=O)(=O)O)CCCNCCSS(=O)(=O)O. The van der Waals surface area contributed by atoms with Crippen molar-refractivity contribution in [3.63, 3.8) is 0 Å². The first-order valence-corrected chi connectivity index (χ1v) is 15.9. The van der Waals surface area contributed by atoms with Crippen LogP contribution in [0, 0.1) is 0 Å². The number of nitrogens with one attached hydrogen (secondary N) is 2. The van der Waals surface area contributed by atoms with E-state index in [0.29, 0.717) is 46.2 Å². The molecule has 0 unspecified atom stereocenters. The highest BCUT2D eigenvalue weighted by Crippen LogP contribution is 2.07. The fourth-order valence-electron chi connectivity index (χ4n) is 2.62. The quantitative estimate of drug-likeness (QED) is 0.0979. The van der Waals surface area contributed by atoms with Crippen LogP contribution in [0.1, 0.15) is 25.7 Å². The molecule has 0 aromatic rings. The Morgan fingerprint density at radius 3 is 1.30 bits per heavy atom. The Kier molecular flexibility index (Phi) is 18.1. The molecular formula is C16H38N4O6S4. The van der Waals surface area contributed by atoms with Crippen molar-refractivity contribution in [3.8, 4) is 0 Å². The van der Waals surface area contributed by atoms with Gasteiger partial charge in [0.2, 0.25) is 0 Å². The van der Waals surface area contributed by atoms with E-state index in [4.69, 9.17) is 9.11 Å². The summed E-state index contributed by atoms with van der Waals surface area (Å²) in [4.78, 5) is 4.59. The molecule has 0 aliphatic heterocycles. The van der Waals surface area contributed by atoms with Crippen molar-refractivity contribution in [2.45, 2.75) is 25.7 Å². The summed E-state index contributed by atoms with van der Waals surface area (Å²) in [6, 6.07) is 0. The highest BCUT2D eigenvalue weighted by molar-refractivity contribution is 8.70. The Balaban J connectivity index is 3.42. The molecule has 0 aromatic carbocycles. The van der Waals surface area contributed by atoms with Gasteiger partial charge in [-0.25, -0.2) is 0 Å². The zero-order chi connectivity index (χ0) is 22.9. The van der Waals surface area contributed by atoms with E-state index in [1.807, 2.05) is 0 Å². The monoisotopic (exact) mass is 510 g/mol. The summed E-state index contributed by atoms with van der Waals surface area (Å²) in [5.74, 6) is 0.677. The van der Waals surface area contributed by atoms with Gasteiger partial charge in [0, 0.05) is 24.6 Å². The van der Waals surface area contributed by atoms with Gasteiger partial charge in [-0.15, -0.1) is 0 Å².